The van der Waals surface area contributed by atoms with Crippen LogP contribution in [-0.4, -0.2) is 16.7 Å². The van der Waals surface area contributed by atoms with Crippen LogP contribution in [0.2, 0.25) is 5.02 Å². The minimum atomic E-state index is -0.280. The number of fused-ring (bicyclic) bond motifs is 4. The lowest BCUT2D eigenvalue weighted by Gasteiger charge is -2.24. The van der Waals surface area contributed by atoms with Gasteiger partial charge in [-0.3, -0.25) is 4.79 Å². The fourth-order valence-electron chi connectivity index (χ4n) is 2.75. The summed E-state index contributed by atoms with van der Waals surface area (Å²) in [4.78, 5) is 16.4. The summed E-state index contributed by atoms with van der Waals surface area (Å²) in [5.74, 6) is 1.16. The predicted octanol–water partition coefficient (Wildman–Crippen LogP) is 3.16. The molecule has 5 nitrogen and oxygen atoms in total. The number of hydrogen-bond donors (Lipinski definition) is 1. The van der Waals surface area contributed by atoms with Gasteiger partial charge in [0, 0.05) is 16.3 Å². The van der Waals surface area contributed by atoms with Gasteiger partial charge in [-0.15, -0.1) is 0 Å². The molecule has 1 aliphatic rings. The highest BCUT2D eigenvalue weighted by molar-refractivity contribution is 6.31. The Bertz CT molecular complexity index is 965. The molecule has 22 heavy (non-hydrogen) atoms. The van der Waals surface area contributed by atoms with Crippen molar-refractivity contribution in [2.75, 3.05) is 12.4 Å². The lowest BCUT2D eigenvalue weighted by molar-refractivity contribution is 0.415. The number of benzene rings is 2. The largest absolute Gasteiger partial charge is 0.497 e. The van der Waals surface area contributed by atoms with Gasteiger partial charge >= 0.3 is 0 Å². The van der Waals surface area contributed by atoms with Crippen LogP contribution < -0.4 is 15.6 Å². The highest BCUT2D eigenvalue weighted by Crippen LogP contribution is 2.33. The van der Waals surface area contributed by atoms with Crippen molar-refractivity contribution in [2.24, 2.45) is 0 Å². The highest BCUT2D eigenvalue weighted by atomic mass is 35.5. The molecular formula is C16H12ClN3O2. The number of aromatic nitrogens is 2. The van der Waals surface area contributed by atoms with E-state index in [-0.39, 0.29) is 5.56 Å². The van der Waals surface area contributed by atoms with Crippen LogP contribution >= 0.6 is 11.6 Å². The first-order chi connectivity index (χ1) is 10.7. The molecule has 1 aliphatic heterocycles. The normalized spacial score (nSPS) is 12.5. The zero-order valence-electron chi connectivity index (χ0n) is 11.8. The summed E-state index contributed by atoms with van der Waals surface area (Å²) in [6.07, 6.45) is 0. The van der Waals surface area contributed by atoms with E-state index < -0.39 is 0 Å². The fraction of sp³-hybridized carbons (Fsp3) is 0.125. The van der Waals surface area contributed by atoms with E-state index in [1.807, 2.05) is 34.9 Å². The molecule has 110 valence electrons. The Labute approximate surface area is 131 Å². The van der Waals surface area contributed by atoms with E-state index in [0.29, 0.717) is 28.7 Å². The van der Waals surface area contributed by atoms with Crippen molar-refractivity contribution in [1.29, 1.82) is 0 Å². The van der Waals surface area contributed by atoms with Crippen molar-refractivity contribution in [1.82, 2.24) is 9.55 Å². The molecule has 0 saturated heterocycles. The van der Waals surface area contributed by atoms with Crippen molar-refractivity contribution in [3.05, 3.63) is 57.3 Å². The summed E-state index contributed by atoms with van der Waals surface area (Å²) in [6, 6.07) is 11.1. The minimum absolute atomic E-state index is 0.280. The van der Waals surface area contributed by atoms with Crippen LogP contribution in [0, 0.1) is 0 Å². The maximum atomic E-state index is 12.3. The average Bonchev–Trinajstić information content (AvgIpc) is 2.54. The Balaban J connectivity index is 1.99. The van der Waals surface area contributed by atoms with Crippen molar-refractivity contribution in [3.8, 4) is 5.75 Å². The second-order valence-electron chi connectivity index (χ2n) is 5.10. The van der Waals surface area contributed by atoms with Gasteiger partial charge in [0.05, 0.1) is 24.6 Å². The van der Waals surface area contributed by atoms with Gasteiger partial charge in [0.1, 0.15) is 5.75 Å². The first kappa shape index (κ1) is 13.2. The Hall–Kier alpha value is -2.53. The molecule has 6 heteroatoms. The summed E-state index contributed by atoms with van der Waals surface area (Å²) >= 11 is 6.28. The third-order valence-electron chi connectivity index (χ3n) is 3.87. The van der Waals surface area contributed by atoms with Crippen LogP contribution in [0.5, 0.6) is 5.75 Å². The molecule has 0 saturated carbocycles. The Morgan fingerprint density at radius 2 is 2.18 bits per heavy atom. The van der Waals surface area contributed by atoms with Crippen molar-refractivity contribution in [3.63, 3.8) is 0 Å². The molecule has 2 heterocycles. The molecule has 0 bridgehead atoms. The Morgan fingerprint density at radius 3 is 3.00 bits per heavy atom. The van der Waals surface area contributed by atoms with Crippen molar-refractivity contribution in [2.45, 2.75) is 6.54 Å². The maximum absolute atomic E-state index is 12.3. The van der Waals surface area contributed by atoms with Crippen LogP contribution in [0.1, 0.15) is 5.56 Å². The number of halogens is 1. The molecule has 0 spiro atoms. The molecule has 0 fully saturated rings. The van der Waals surface area contributed by atoms with E-state index in [1.165, 1.54) is 0 Å². The molecular weight excluding hydrogens is 302 g/mol. The molecule has 3 aromatic rings. The van der Waals surface area contributed by atoms with Gasteiger partial charge in [-0.25, -0.2) is 0 Å². The standard InChI is InChI=1S/C16H12ClN3O2/c1-22-9-5-6-14-10(7-9)15(21)19-16-18-13-4-2-3-12(17)11(13)8-20(14)16/h2-7H,8H2,1H3,(H,18,19,21). The molecule has 4 rings (SSSR count). The van der Waals surface area contributed by atoms with Gasteiger partial charge in [0.15, 0.2) is 0 Å². The quantitative estimate of drug-likeness (QED) is 0.586. The molecule has 0 atom stereocenters. The zero-order chi connectivity index (χ0) is 15.3. The van der Waals surface area contributed by atoms with Crippen LogP contribution in [0.25, 0.3) is 10.9 Å². The van der Waals surface area contributed by atoms with E-state index >= 15 is 0 Å². The van der Waals surface area contributed by atoms with Gasteiger partial charge in [-0.1, -0.05) is 17.7 Å². The van der Waals surface area contributed by atoms with Crippen molar-refractivity contribution < 1.29 is 4.74 Å². The summed E-state index contributed by atoms with van der Waals surface area (Å²) in [7, 11) is 1.57. The van der Waals surface area contributed by atoms with Gasteiger partial charge < -0.3 is 14.6 Å². The summed E-state index contributed by atoms with van der Waals surface area (Å²) in [6.45, 7) is 0.563. The van der Waals surface area contributed by atoms with Crippen LogP contribution in [0.3, 0.4) is 0 Å². The van der Waals surface area contributed by atoms with E-state index in [1.54, 1.807) is 13.2 Å². The molecule has 1 aromatic heterocycles. The Morgan fingerprint density at radius 1 is 1.32 bits per heavy atom. The number of nitrogens with one attached hydrogen (secondary N) is 1. The van der Waals surface area contributed by atoms with E-state index in [9.17, 15) is 4.79 Å². The highest BCUT2D eigenvalue weighted by Gasteiger charge is 2.20. The third-order valence-corrected chi connectivity index (χ3v) is 4.22. The number of rotatable bonds is 1. The third kappa shape index (κ3) is 1.86. The molecule has 0 radical (unpaired) electrons. The number of hydrogen-bond acceptors (Lipinski definition) is 4. The molecule has 0 unspecified atom stereocenters. The van der Waals surface area contributed by atoms with Crippen molar-refractivity contribution >= 4 is 34.1 Å². The molecule has 0 amide bonds. The molecule has 0 aliphatic carbocycles. The Kier molecular flexibility index (Phi) is 2.84. The van der Waals surface area contributed by atoms with Gasteiger partial charge in [-0.2, -0.15) is 4.98 Å². The summed E-state index contributed by atoms with van der Waals surface area (Å²) in [5, 5.41) is 4.40. The SMILES string of the molecule is COc1ccc2c(c1)c(=O)nc1n2Cc2c(Cl)cccc2N1. The van der Waals surface area contributed by atoms with E-state index in [2.05, 4.69) is 10.3 Å². The second kappa shape index (κ2) is 4.74. The monoisotopic (exact) mass is 313 g/mol. The number of methoxy groups -OCH3 is 1. The number of ether oxygens (including phenoxy) is 1. The minimum Gasteiger partial charge on any atom is -0.497 e. The van der Waals surface area contributed by atoms with Gasteiger partial charge in [-0.05, 0) is 30.3 Å². The first-order valence-electron chi connectivity index (χ1n) is 6.80. The molecule has 1 N–H and O–H groups in total. The lowest BCUT2D eigenvalue weighted by Crippen LogP contribution is -2.22. The smallest absolute Gasteiger partial charge is 0.282 e. The topological polar surface area (TPSA) is 56.1 Å². The first-order valence-corrected chi connectivity index (χ1v) is 7.18. The molecule has 2 aromatic carbocycles. The lowest BCUT2D eigenvalue weighted by atomic mass is 10.1. The maximum Gasteiger partial charge on any atom is 0.282 e. The van der Waals surface area contributed by atoms with Crippen LogP contribution in [0.15, 0.2) is 41.2 Å². The van der Waals surface area contributed by atoms with E-state index in [0.717, 1.165) is 16.8 Å². The zero-order valence-corrected chi connectivity index (χ0v) is 12.5. The fourth-order valence-corrected chi connectivity index (χ4v) is 2.98. The average molecular weight is 314 g/mol. The van der Waals surface area contributed by atoms with Crippen LogP contribution in [-0.2, 0) is 6.54 Å². The van der Waals surface area contributed by atoms with Crippen LogP contribution in [0.4, 0.5) is 11.6 Å². The van der Waals surface area contributed by atoms with Gasteiger partial charge in [0.25, 0.3) is 5.56 Å². The van der Waals surface area contributed by atoms with E-state index in [4.69, 9.17) is 16.3 Å². The summed E-state index contributed by atoms with van der Waals surface area (Å²) in [5.41, 5.74) is 2.39. The number of nitrogens with zero attached hydrogens (tertiary/aromatic N) is 2. The van der Waals surface area contributed by atoms with Gasteiger partial charge in [0.2, 0.25) is 5.95 Å². The second-order valence-corrected chi connectivity index (χ2v) is 5.51. The predicted molar refractivity (Wildman–Crippen MR) is 86.4 cm³/mol. The summed E-state index contributed by atoms with van der Waals surface area (Å²) < 4.78 is 7.13. The number of anilines is 2.